The molecule has 0 radical (unpaired) electrons. The van der Waals surface area contributed by atoms with Gasteiger partial charge in [-0.15, -0.1) is 0 Å². The zero-order chi connectivity index (χ0) is 13.4. The summed E-state index contributed by atoms with van der Waals surface area (Å²) in [5.74, 6) is -0.203. The highest BCUT2D eigenvalue weighted by Crippen LogP contribution is 2.16. The Morgan fingerprint density at radius 3 is 2.67 bits per heavy atom. The van der Waals surface area contributed by atoms with E-state index < -0.39 is 5.97 Å². The summed E-state index contributed by atoms with van der Waals surface area (Å²) in [6, 6.07) is 3.50. The van der Waals surface area contributed by atoms with Gasteiger partial charge in [0.2, 0.25) is 11.8 Å². The normalized spacial score (nSPS) is 10.3. The van der Waals surface area contributed by atoms with Crippen LogP contribution in [-0.4, -0.2) is 23.5 Å². The molecule has 0 spiro atoms. The maximum Gasteiger partial charge on any atom is 0.303 e. The SMILES string of the molecule is CCC(=O)N(CCCCCC(=O)O)c1ccco1. The molecular weight excluding hydrogens is 234 g/mol. The minimum atomic E-state index is -0.775. The first-order valence-electron chi connectivity index (χ1n) is 6.20. The van der Waals surface area contributed by atoms with E-state index in [-0.39, 0.29) is 12.3 Å². The van der Waals surface area contributed by atoms with Crippen LogP contribution in [0, 0.1) is 0 Å². The van der Waals surface area contributed by atoms with Crippen molar-refractivity contribution in [2.75, 3.05) is 11.4 Å². The molecule has 1 rings (SSSR count). The molecule has 0 bridgehead atoms. The first kappa shape index (κ1) is 14.3. The van der Waals surface area contributed by atoms with E-state index in [1.807, 2.05) is 6.92 Å². The molecule has 1 heterocycles. The van der Waals surface area contributed by atoms with Crippen molar-refractivity contribution in [2.24, 2.45) is 0 Å². The maximum absolute atomic E-state index is 11.8. The Morgan fingerprint density at radius 2 is 2.11 bits per heavy atom. The van der Waals surface area contributed by atoms with Gasteiger partial charge in [0.25, 0.3) is 0 Å². The average molecular weight is 253 g/mol. The van der Waals surface area contributed by atoms with E-state index in [2.05, 4.69) is 0 Å². The van der Waals surface area contributed by atoms with Crippen LogP contribution < -0.4 is 4.90 Å². The number of nitrogens with zero attached hydrogens (tertiary/aromatic N) is 1. The van der Waals surface area contributed by atoms with Gasteiger partial charge in [0.15, 0.2) is 0 Å². The molecule has 1 aromatic rings. The fourth-order valence-electron chi connectivity index (χ4n) is 1.70. The van der Waals surface area contributed by atoms with Crippen molar-refractivity contribution in [1.29, 1.82) is 0 Å². The molecule has 0 aliphatic carbocycles. The molecule has 18 heavy (non-hydrogen) atoms. The average Bonchev–Trinajstić information content (AvgIpc) is 2.86. The molecule has 1 aromatic heterocycles. The van der Waals surface area contributed by atoms with E-state index >= 15 is 0 Å². The fraction of sp³-hybridized carbons (Fsp3) is 0.538. The molecule has 5 nitrogen and oxygen atoms in total. The monoisotopic (exact) mass is 253 g/mol. The van der Waals surface area contributed by atoms with E-state index in [0.29, 0.717) is 25.3 Å². The van der Waals surface area contributed by atoms with Gasteiger partial charge in [-0.25, -0.2) is 0 Å². The Hall–Kier alpha value is -1.78. The highest BCUT2D eigenvalue weighted by molar-refractivity contribution is 5.91. The van der Waals surface area contributed by atoms with Gasteiger partial charge in [0.1, 0.15) is 0 Å². The second kappa shape index (κ2) is 7.53. The zero-order valence-corrected chi connectivity index (χ0v) is 10.6. The van der Waals surface area contributed by atoms with Crippen LogP contribution in [0.25, 0.3) is 0 Å². The predicted molar refractivity (Wildman–Crippen MR) is 67.5 cm³/mol. The summed E-state index contributed by atoms with van der Waals surface area (Å²) in [5, 5.41) is 8.52. The summed E-state index contributed by atoms with van der Waals surface area (Å²) in [4.78, 5) is 23.7. The highest BCUT2D eigenvalue weighted by atomic mass is 16.4. The van der Waals surface area contributed by atoms with Crippen LogP contribution in [0.1, 0.15) is 39.0 Å². The Labute approximate surface area is 106 Å². The van der Waals surface area contributed by atoms with Crippen LogP contribution in [0.4, 0.5) is 5.88 Å². The molecule has 5 heteroatoms. The Balaban J connectivity index is 2.39. The summed E-state index contributed by atoms with van der Waals surface area (Å²) in [6.45, 7) is 2.38. The van der Waals surface area contributed by atoms with E-state index in [4.69, 9.17) is 9.52 Å². The van der Waals surface area contributed by atoms with Gasteiger partial charge in [-0.2, -0.15) is 0 Å². The third-order valence-corrected chi connectivity index (χ3v) is 2.65. The number of carbonyl (C=O) groups excluding carboxylic acids is 1. The lowest BCUT2D eigenvalue weighted by Gasteiger charge is -2.19. The summed E-state index contributed by atoms with van der Waals surface area (Å²) in [5.41, 5.74) is 0. The zero-order valence-electron chi connectivity index (χ0n) is 10.6. The van der Waals surface area contributed by atoms with E-state index in [1.165, 1.54) is 6.26 Å². The summed E-state index contributed by atoms with van der Waals surface area (Å²) < 4.78 is 5.22. The van der Waals surface area contributed by atoms with Crippen LogP contribution in [0.15, 0.2) is 22.8 Å². The standard InChI is InChI=1S/C13H19NO4/c1-2-11(15)14(12-7-6-10-18-12)9-5-3-4-8-13(16)17/h6-7,10H,2-5,8-9H2,1H3,(H,16,17). The molecule has 0 unspecified atom stereocenters. The van der Waals surface area contributed by atoms with Crippen molar-refractivity contribution in [3.63, 3.8) is 0 Å². The van der Waals surface area contributed by atoms with Gasteiger partial charge < -0.3 is 9.52 Å². The van der Waals surface area contributed by atoms with Crippen molar-refractivity contribution in [2.45, 2.75) is 39.0 Å². The molecule has 0 aliphatic heterocycles. The number of anilines is 1. The van der Waals surface area contributed by atoms with Gasteiger partial charge in [-0.1, -0.05) is 13.3 Å². The smallest absolute Gasteiger partial charge is 0.303 e. The first-order valence-corrected chi connectivity index (χ1v) is 6.20. The van der Waals surface area contributed by atoms with Crippen LogP contribution in [0.2, 0.25) is 0 Å². The molecule has 1 N–H and O–H groups in total. The molecule has 0 saturated heterocycles. The summed E-state index contributed by atoms with van der Waals surface area (Å²) in [6.07, 6.45) is 4.36. The number of furan rings is 1. The van der Waals surface area contributed by atoms with Crippen LogP contribution in [-0.2, 0) is 9.59 Å². The van der Waals surface area contributed by atoms with E-state index in [9.17, 15) is 9.59 Å². The number of aliphatic carboxylic acids is 1. The van der Waals surface area contributed by atoms with E-state index in [0.717, 1.165) is 12.8 Å². The van der Waals surface area contributed by atoms with Crippen LogP contribution in [0.3, 0.4) is 0 Å². The Bertz CT molecular complexity index is 372. The number of unbranched alkanes of at least 4 members (excludes halogenated alkanes) is 2. The first-order chi connectivity index (χ1) is 8.65. The molecular formula is C13H19NO4. The second-order valence-corrected chi connectivity index (χ2v) is 4.05. The van der Waals surface area contributed by atoms with E-state index in [1.54, 1.807) is 17.0 Å². The maximum atomic E-state index is 11.8. The highest BCUT2D eigenvalue weighted by Gasteiger charge is 2.15. The number of carboxylic acids is 1. The minimum absolute atomic E-state index is 0.0168. The molecule has 0 aliphatic rings. The minimum Gasteiger partial charge on any atom is -0.481 e. The quantitative estimate of drug-likeness (QED) is 0.723. The van der Waals surface area contributed by atoms with Crippen LogP contribution in [0.5, 0.6) is 0 Å². The Morgan fingerprint density at radius 1 is 1.33 bits per heavy atom. The van der Waals surface area contributed by atoms with Crippen molar-refractivity contribution in [1.82, 2.24) is 0 Å². The molecule has 0 atom stereocenters. The van der Waals surface area contributed by atoms with Crippen molar-refractivity contribution < 1.29 is 19.1 Å². The van der Waals surface area contributed by atoms with Crippen molar-refractivity contribution in [3.8, 4) is 0 Å². The number of hydrogen-bond acceptors (Lipinski definition) is 3. The predicted octanol–water partition coefficient (Wildman–Crippen LogP) is 2.67. The molecule has 0 aromatic carbocycles. The number of hydrogen-bond donors (Lipinski definition) is 1. The lowest BCUT2D eigenvalue weighted by molar-refractivity contribution is -0.137. The van der Waals surface area contributed by atoms with Crippen molar-refractivity contribution >= 4 is 17.8 Å². The van der Waals surface area contributed by atoms with Gasteiger partial charge >= 0.3 is 5.97 Å². The molecule has 0 saturated carbocycles. The number of carbonyl (C=O) groups is 2. The summed E-state index contributed by atoms with van der Waals surface area (Å²) in [7, 11) is 0. The molecule has 1 amide bonds. The van der Waals surface area contributed by atoms with Gasteiger partial charge in [-0.05, 0) is 18.9 Å². The number of carboxylic acid groups (broad SMARTS) is 1. The van der Waals surface area contributed by atoms with Gasteiger partial charge in [0.05, 0.1) is 6.26 Å². The second-order valence-electron chi connectivity index (χ2n) is 4.05. The number of rotatable bonds is 8. The topological polar surface area (TPSA) is 70.8 Å². The lowest BCUT2D eigenvalue weighted by Crippen LogP contribution is -2.30. The lowest BCUT2D eigenvalue weighted by atomic mass is 10.2. The largest absolute Gasteiger partial charge is 0.481 e. The molecule has 100 valence electrons. The third kappa shape index (κ3) is 4.61. The number of amides is 1. The van der Waals surface area contributed by atoms with Gasteiger partial charge in [-0.3, -0.25) is 14.5 Å². The van der Waals surface area contributed by atoms with Gasteiger partial charge in [0, 0.05) is 25.5 Å². The Kier molecular flexibility index (Phi) is 5.97. The van der Waals surface area contributed by atoms with Crippen LogP contribution >= 0.6 is 0 Å². The van der Waals surface area contributed by atoms with Crippen molar-refractivity contribution in [3.05, 3.63) is 18.4 Å². The summed E-state index contributed by atoms with van der Waals surface area (Å²) >= 11 is 0. The molecule has 0 fully saturated rings. The third-order valence-electron chi connectivity index (χ3n) is 2.65. The fourth-order valence-corrected chi connectivity index (χ4v) is 1.70.